The van der Waals surface area contributed by atoms with Crippen molar-refractivity contribution in [2.45, 2.75) is 13.3 Å². The molecule has 92 valence electrons. The van der Waals surface area contributed by atoms with Gasteiger partial charge >= 0.3 is 6.03 Å². The van der Waals surface area contributed by atoms with Crippen LogP contribution in [0.4, 0.5) is 10.5 Å². The molecule has 3 N–H and O–H groups in total. The molecule has 1 unspecified atom stereocenters. The van der Waals surface area contributed by atoms with E-state index in [2.05, 4.69) is 16.0 Å². The number of rotatable bonds is 3. The van der Waals surface area contributed by atoms with E-state index >= 15 is 0 Å². The normalized spacial score (nSPS) is 19.0. The van der Waals surface area contributed by atoms with Gasteiger partial charge in [-0.05, 0) is 44.5 Å². The Hall–Kier alpha value is -1.55. The van der Waals surface area contributed by atoms with Gasteiger partial charge < -0.3 is 16.0 Å². The van der Waals surface area contributed by atoms with Crippen molar-refractivity contribution in [3.05, 3.63) is 29.8 Å². The van der Waals surface area contributed by atoms with E-state index in [1.165, 1.54) is 5.56 Å². The molecule has 1 aliphatic rings. The number of amides is 2. The van der Waals surface area contributed by atoms with E-state index in [-0.39, 0.29) is 6.03 Å². The Labute approximate surface area is 102 Å². The van der Waals surface area contributed by atoms with E-state index in [0.717, 1.165) is 31.7 Å². The molecule has 4 heteroatoms. The third-order valence-corrected chi connectivity index (χ3v) is 3.02. The highest BCUT2D eigenvalue weighted by Crippen LogP contribution is 2.09. The Morgan fingerprint density at radius 3 is 2.82 bits per heavy atom. The molecular formula is C13H19N3O. The van der Waals surface area contributed by atoms with Crippen LogP contribution in [-0.4, -0.2) is 25.7 Å². The number of hydrogen-bond donors (Lipinski definition) is 3. The van der Waals surface area contributed by atoms with Crippen LogP contribution in [0.5, 0.6) is 0 Å². The molecule has 1 aliphatic heterocycles. The summed E-state index contributed by atoms with van der Waals surface area (Å²) in [5.41, 5.74) is 2.02. The lowest BCUT2D eigenvalue weighted by Gasteiger charge is -2.11. The fraction of sp³-hybridized carbons (Fsp3) is 0.462. The van der Waals surface area contributed by atoms with E-state index in [9.17, 15) is 4.79 Å². The highest BCUT2D eigenvalue weighted by atomic mass is 16.2. The van der Waals surface area contributed by atoms with Gasteiger partial charge in [-0.1, -0.05) is 17.7 Å². The zero-order valence-electron chi connectivity index (χ0n) is 10.1. The minimum absolute atomic E-state index is 0.124. The number of carbonyl (C=O) groups is 1. The summed E-state index contributed by atoms with van der Waals surface area (Å²) in [6.45, 7) is 4.83. The third kappa shape index (κ3) is 3.75. The lowest BCUT2D eigenvalue weighted by molar-refractivity contribution is 0.250. The SMILES string of the molecule is Cc1ccc(NC(=O)NCC2CCNC2)cc1. The van der Waals surface area contributed by atoms with Crippen LogP contribution in [0.25, 0.3) is 0 Å². The molecule has 17 heavy (non-hydrogen) atoms. The molecule has 1 fully saturated rings. The summed E-state index contributed by atoms with van der Waals surface area (Å²) in [4.78, 5) is 11.6. The van der Waals surface area contributed by atoms with Gasteiger partial charge in [0, 0.05) is 12.2 Å². The summed E-state index contributed by atoms with van der Waals surface area (Å²) in [5, 5.41) is 9.00. The molecule has 0 saturated carbocycles. The van der Waals surface area contributed by atoms with Crippen LogP contribution in [0.3, 0.4) is 0 Å². The monoisotopic (exact) mass is 233 g/mol. The zero-order chi connectivity index (χ0) is 12.1. The van der Waals surface area contributed by atoms with Crippen LogP contribution in [0.15, 0.2) is 24.3 Å². The quantitative estimate of drug-likeness (QED) is 0.744. The smallest absolute Gasteiger partial charge is 0.319 e. The Bertz CT molecular complexity index is 369. The molecule has 1 saturated heterocycles. The summed E-state index contributed by atoms with van der Waals surface area (Å²) in [7, 11) is 0. The number of anilines is 1. The maximum atomic E-state index is 11.6. The van der Waals surface area contributed by atoms with Gasteiger partial charge in [-0.25, -0.2) is 4.79 Å². The molecule has 0 bridgehead atoms. The van der Waals surface area contributed by atoms with Gasteiger partial charge in [0.15, 0.2) is 0 Å². The average molecular weight is 233 g/mol. The molecule has 1 aromatic carbocycles. The predicted octanol–water partition coefficient (Wildman–Crippen LogP) is 1.73. The highest BCUT2D eigenvalue weighted by Gasteiger charge is 2.14. The van der Waals surface area contributed by atoms with E-state index < -0.39 is 0 Å². The minimum atomic E-state index is -0.124. The van der Waals surface area contributed by atoms with Gasteiger partial charge in [0.05, 0.1) is 0 Å². The number of benzene rings is 1. The fourth-order valence-electron chi connectivity index (χ4n) is 1.94. The highest BCUT2D eigenvalue weighted by molar-refractivity contribution is 5.89. The maximum absolute atomic E-state index is 11.6. The topological polar surface area (TPSA) is 53.2 Å². The summed E-state index contributed by atoms with van der Waals surface area (Å²) >= 11 is 0. The number of nitrogens with one attached hydrogen (secondary N) is 3. The Morgan fingerprint density at radius 2 is 2.18 bits per heavy atom. The van der Waals surface area contributed by atoms with Crippen LogP contribution in [0.2, 0.25) is 0 Å². The molecule has 4 nitrogen and oxygen atoms in total. The second kappa shape index (κ2) is 5.68. The second-order valence-corrected chi connectivity index (χ2v) is 4.56. The van der Waals surface area contributed by atoms with E-state index in [1.807, 2.05) is 31.2 Å². The van der Waals surface area contributed by atoms with Crippen LogP contribution >= 0.6 is 0 Å². The molecule has 1 aromatic rings. The Morgan fingerprint density at radius 1 is 1.41 bits per heavy atom. The van der Waals surface area contributed by atoms with E-state index in [4.69, 9.17) is 0 Å². The number of carbonyl (C=O) groups excluding carboxylic acids is 1. The minimum Gasteiger partial charge on any atom is -0.338 e. The molecule has 1 atom stereocenters. The van der Waals surface area contributed by atoms with Gasteiger partial charge in [-0.3, -0.25) is 0 Å². The first kappa shape index (κ1) is 11.9. The first-order valence-electron chi connectivity index (χ1n) is 6.06. The van der Waals surface area contributed by atoms with Crippen LogP contribution in [-0.2, 0) is 0 Å². The molecule has 0 aromatic heterocycles. The van der Waals surface area contributed by atoms with Gasteiger partial charge in [-0.15, -0.1) is 0 Å². The summed E-state index contributed by atoms with van der Waals surface area (Å²) in [5.74, 6) is 0.568. The Kier molecular flexibility index (Phi) is 3.98. The molecule has 2 amide bonds. The van der Waals surface area contributed by atoms with Crippen LogP contribution < -0.4 is 16.0 Å². The van der Waals surface area contributed by atoms with Crippen molar-refractivity contribution in [3.8, 4) is 0 Å². The van der Waals surface area contributed by atoms with Gasteiger partial charge in [0.25, 0.3) is 0 Å². The fourth-order valence-corrected chi connectivity index (χ4v) is 1.94. The van der Waals surface area contributed by atoms with Crippen molar-refractivity contribution < 1.29 is 4.79 Å². The number of hydrogen-bond acceptors (Lipinski definition) is 2. The van der Waals surface area contributed by atoms with Gasteiger partial charge in [0.1, 0.15) is 0 Å². The largest absolute Gasteiger partial charge is 0.338 e. The summed E-state index contributed by atoms with van der Waals surface area (Å²) in [6.07, 6.45) is 1.14. The molecular weight excluding hydrogens is 214 g/mol. The van der Waals surface area contributed by atoms with E-state index in [0.29, 0.717) is 5.92 Å². The first-order chi connectivity index (χ1) is 8.24. The summed E-state index contributed by atoms with van der Waals surface area (Å²) in [6, 6.07) is 7.66. The molecule has 0 spiro atoms. The molecule has 0 aliphatic carbocycles. The third-order valence-electron chi connectivity index (χ3n) is 3.02. The molecule has 1 heterocycles. The lowest BCUT2D eigenvalue weighted by atomic mass is 10.1. The zero-order valence-corrected chi connectivity index (χ0v) is 10.1. The van der Waals surface area contributed by atoms with Crippen LogP contribution in [0, 0.1) is 12.8 Å². The number of urea groups is 1. The molecule has 2 rings (SSSR count). The Balaban J connectivity index is 1.74. The van der Waals surface area contributed by atoms with Gasteiger partial charge in [-0.2, -0.15) is 0 Å². The van der Waals surface area contributed by atoms with Crippen molar-refractivity contribution in [1.29, 1.82) is 0 Å². The average Bonchev–Trinajstić information content (AvgIpc) is 2.83. The summed E-state index contributed by atoms with van der Waals surface area (Å²) < 4.78 is 0. The van der Waals surface area contributed by atoms with Crippen molar-refractivity contribution in [1.82, 2.24) is 10.6 Å². The van der Waals surface area contributed by atoms with Crippen molar-refractivity contribution in [2.24, 2.45) is 5.92 Å². The van der Waals surface area contributed by atoms with Crippen molar-refractivity contribution >= 4 is 11.7 Å². The predicted molar refractivity (Wildman–Crippen MR) is 69.2 cm³/mol. The van der Waals surface area contributed by atoms with Gasteiger partial charge in [0.2, 0.25) is 0 Å². The standard InChI is InChI=1S/C13H19N3O/c1-10-2-4-12(5-3-10)16-13(17)15-9-11-6-7-14-8-11/h2-5,11,14H,6-9H2,1H3,(H2,15,16,17). The second-order valence-electron chi connectivity index (χ2n) is 4.56. The lowest BCUT2D eigenvalue weighted by Crippen LogP contribution is -2.33. The van der Waals surface area contributed by atoms with Crippen molar-refractivity contribution in [3.63, 3.8) is 0 Å². The van der Waals surface area contributed by atoms with Crippen LogP contribution in [0.1, 0.15) is 12.0 Å². The number of aryl methyl sites for hydroxylation is 1. The maximum Gasteiger partial charge on any atom is 0.319 e. The first-order valence-corrected chi connectivity index (χ1v) is 6.06. The van der Waals surface area contributed by atoms with Crippen molar-refractivity contribution in [2.75, 3.05) is 25.0 Å². The molecule has 0 radical (unpaired) electrons. The van der Waals surface area contributed by atoms with E-state index in [1.54, 1.807) is 0 Å².